The van der Waals surface area contributed by atoms with Crippen molar-refractivity contribution in [3.8, 4) is 0 Å². The fourth-order valence-corrected chi connectivity index (χ4v) is 5.43. The number of benzene rings is 2. The molecule has 0 saturated carbocycles. The fraction of sp³-hybridized carbons (Fsp3) is 0.375. The van der Waals surface area contributed by atoms with Crippen molar-refractivity contribution in [1.82, 2.24) is 14.5 Å². The highest BCUT2D eigenvalue weighted by Gasteiger charge is 2.41. The second kappa shape index (κ2) is 10.8. The molecule has 0 aliphatic carbocycles. The predicted molar refractivity (Wildman–Crippen MR) is 124 cm³/mol. The van der Waals surface area contributed by atoms with Gasteiger partial charge in [-0.05, 0) is 42.7 Å². The molecule has 182 valence electrons. The lowest BCUT2D eigenvalue weighted by atomic mass is 10.1. The first-order chi connectivity index (χ1) is 16.2. The summed E-state index contributed by atoms with van der Waals surface area (Å²) >= 11 is 0. The van der Waals surface area contributed by atoms with Gasteiger partial charge >= 0.3 is 0 Å². The Balaban J connectivity index is 1.81. The van der Waals surface area contributed by atoms with Crippen molar-refractivity contribution < 1.29 is 27.2 Å². The summed E-state index contributed by atoms with van der Waals surface area (Å²) in [5.41, 5.74) is 0.692. The molecule has 1 aliphatic rings. The number of carbonyl (C=O) groups is 3. The van der Waals surface area contributed by atoms with E-state index in [1.165, 1.54) is 47.4 Å². The summed E-state index contributed by atoms with van der Waals surface area (Å²) in [6, 6.07) is 10.7. The van der Waals surface area contributed by atoms with Crippen LogP contribution in [0.2, 0.25) is 0 Å². The number of rotatable bonds is 10. The molecule has 2 aromatic rings. The van der Waals surface area contributed by atoms with E-state index in [4.69, 9.17) is 0 Å². The maximum Gasteiger partial charge on any atom is 0.269 e. The van der Waals surface area contributed by atoms with Crippen LogP contribution in [-0.4, -0.2) is 54.5 Å². The van der Waals surface area contributed by atoms with E-state index in [0.29, 0.717) is 22.8 Å². The smallest absolute Gasteiger partial charge is 0.269 e. The topological polar surface area (TPSA) is 104 Å². The molecule has 3 amide bonds. The average Bonchev–Trinajstić information content (AvgIpc) is 3.02. The molecular formula is C24H28FN3O5S. The van der Waals surface area contributed by atoms with E-state index in [-0.39, 0.29) is 35.9 Å². The molecular weight excluding hydrogens is 461 g/mol. The zero-order chi connectivity index (χ0) is 24.9. The Bertz CT molecular complexity index is 1170. The van der Waals surface area contributed by atoms with Crippen LogP contribution in [0.3, 0.4) is 0 Å². The molecule has 0 saturated heterocycles. The maximum atomic E-state index is 13.4. The SMILES string of the molecule is CCCNC(=O)[C@@H](CC)N(Cc1ccc(F)cc1)C(=O)CCN1C(=O)c2ccccc2S1(=O)=O. The Morgan fingerprint density at radius 3 is 2.38 bits per heavy atom. The van der Waals surface area contributed by atoms with Crippen molar-refractivity contribution in [3.63, 3.8) is 0 Å². The molecule has 2 aromatic carbocycles. The molecule has 0 aromatic heterocycles. The Morgan fingerprint density at radius 1 is 1.09 bits per heavy atom. The van der Waals surface area contributed by atoms with Crippen LogP contribution in [0.1, 0.15) is 49.0 Å². The summed E-state index contributed by atoms with van der Waals surface area (Å²) in [4.78, 5) is 40.0. The zero-order valence-electron chi connectivity index (χ0n) is 19.2. The van der Waals surface area contributed by atoms with Crippen molar-refractivity contribution in [1.29, 1.82) is 0 Å². The standard InChI is InChI=1S/C24H28FN3O5S/c1-3-14-26-23(30)20(4-2)27(16-17-9-11-18(25)12-10-17)22(29)13-15-28-24(31)19-7-5-6-8-21(19)34(28,32)33/h5-12,20H,3-4,13-16H2,1-2H3,(H,26,30)/t20-/m1/s1. The van der Waals surface area contributed by atoms with E-state index in [1.807, 2.05) is 6.92 Å². The van der Waals surface area contributed by atoms with Crippen molar-refractivity contribution >= 4 is 27.7 Å². The van der Waals surface area contributed by atoms with Gasteiger partial charge in [-0.3, -0.25) is 14.4 Å². The van der Waals surface area contributed by atoms with Crippen LogP contribution in [0.15, 0.2) is 53.4 Å². The maximum absolute atomic E-state index is 13.4. The Morgan fingerprint density at radius 2 is 1.76 bits per heavy atom. The van der Waals surface area contributed by atoms with E-state index < -0.39 is 33.7 Å². The van der Waals surface area contributed by atoms with Crippen LogP contribution < -0.4 is 5.32 Å². The van der Waals surface area contributed by atoms with Crippen LogP contribution in [0.5, 0.6) is 0 Å². The predicted octanol–water partition coefficient (Wildman–Crippen LogP) is 2.69. The van der Waals surface area contributed by atoms with Gasteiger partial charge in [0.25, 0.3) is 15.9 Å². The molecule has 1 aliphatic heterocycles. The molecule has 1 N–H and O–H groups in total. The normalized spacial score (nSPS) is 15.0. The number of fused-ring (bicyclic) bond motifs is 1. The summed E-state index contributed by atoms with van der Waals surface area (Å²) < 4.78 is 39.6. The van der Waals surface area contributed by atoms with E-state index >= 15 is 0 Å². The number of nitrogens with zero attached hydrogens (tertiary/aromatic N) is 2. The quantitative estimate of drug-likeness (QED) is 0.553. The second-order valence-corrected chi connectivity index (χ2v) is 9.82. The largest absolute Gasteiger partial charge is 0.354 e. The molecule has 1 heterocycles. The minimum atomic E-state index is -4.04. The molecule has 10 heteroatoms. The first-order valence-electron chi connectivity index (χ1n) is 11.2. The van der Waals surface area contributed by atoms with E-state index in [1.54, 1.807) is 13.0 Å². The van der Waals surface area contributed by atoms with Gasteiger partial charge in [0, 0.05) is 26.1 Å². The number of nitrogens with one attached hydrogen (secondary N) is 1. The molecule has 0 bridgehead atoms. The second-order valence-electron chi connectivity index (χ2n) is 7.99. The van der Waals surface area contributed by atoms with Gasteiger partial charge in [-0.25, -0.2) is 17.1 Å². The van der Waals surface area contributed by atoms with Gasteiger partial charge in [-0.15, -0.1) is 0 Å². The third-order valence-corrected chi connectivity index (χ3v) is 7.48. The summed E-state index contributed by atoms with van der Waals surface area (Å²) in [7, 11) is -4.04. The number of halogens is 1. The zero-order valence-corrected chi connectivity index (χ0v) is 20.0. The van der Waals surface area contributed by atoms with Gasteiger partial charge < -0.3 is 10.2 Å². The molecule has 0 unspecified atom stereocenters. The van der Waals surface area contributed by atoms with Gasteiger partial charge in [0.2, 0.25) is 11.8 Å². The fourth-order valence-electron chi connectivity index (χ4n) is 3.87. The number of sulfonamides is 1. The minimum absolute atomic E-state index is 0.0398. The van der Waals surface area contributed by atoms with E-state index in [2.05, 4.69) is 5.32 Å². The Kier molecular flexibility index (Phi) is 8.03. The van der Waals surface area contributed by atoms with Crippen molar-refractivity contribution in [2.24, 2.45) is 0 Å². The van der Waals surface area contributed by atoms with Crippen LogP contribution in [-0.2, 0) is 26.2 Å². The highest BCUT2D eigenvalue weighted by Crippen LogP contribution is 2.30. The third-order valence-electron chi connectivity index (χ3n) is 5.64. The summed E-state index contributed by atoms with van der Waals surface area (Å²) in [6.45, 7) is 3.83. The number of carbonyl (C=O) groups excluding carboxylic acids is 3. The molecule has 1 atom stereocenters. The lowest BCUT2D eigenvalue weighted by Gasteiger charge is -2.31. The first kappa shape index (κ1) is 25.4. The molecule has 3 rings (SSSR count). The number of hydrogen-bond acceptors (Lipinski definition) is 5. The number of amides is 3. The highest BCUT2D eigenvalue weighted by atomic mass is 32.2. The van der Waals surface area contributed by atoms with Crippen LogP contribution in [0, 0.1) is 5.82 Å². The minimum Gasteiger partial charge on any atom is -0.354 e. The van der Waals surface area contributed by atoms with Crippen molar-refractivity contribution in [3.05, 3.63) is 65.5 Å². The van der Waals surface area contributed by atoms with Gasteiger partial charge in [-0.1, -0.05) is 38.1 Å². The van der Waals surface area contributed by atoms with Crippen LogP contribution >= 0.6 is 0 Å². The Labute approximate surface area is 198 Å². The molecule has 0 radical (unpaired) electrons. The molecule has 8 nitrogen and oxygen atoms in total. The lowest BCUT2D eigenvalue weighted by Crippen LogP contribution is -2.49. The van der Waals surface area contributed by atoms with Crippen molar-refractivity contribution in [2.45, 2.75) is 50.6 Å². The molecule has 34 heavy (non-hydrogen) atoms. The van der Waals surface area contributed by atoms with Gasteiger partial charge in [-0.2, -0.15) is 0 Å². The van der Waals surface area contributed by atoms with Crippen molar-refractivity contribution in [2.75, 3.05) is 13.1 Å². The third kappa shape index (κ3) is 5.27. The lowest BCUT2D eigenvalue weighted by molar-refractivity contribution is -0.141. The summed E-state index contributed by atoms with van der Waals surface area (Å²) in [5, 5.41) is 2.79. The van der Waals surface area contributed by atoms with Crippen LogP contribution in [0.4, 0.5) is 4.39 Å². The summed E-state index contributed by atoms with van der Waals surface area (Å²) in [5.74, 6) is -1.91. The highest BCUT2D eigenvalue weighted by molar-refractivity contribution is 7.90. The summed E-state index contributed by atoms with van der Waals surface area (Å²) in [6.07, 6.45) is 0.760. The monoisotopic (exact) mass is 489 g/mol. The van der Waals surface area contributed by atoms with E-state index in [9.17, 15) is 27.2 Å². The van der Waals surface area contributed by atoms with Gasteiger partial charge in [0.15, 0.2) is 0 Å². The van der Waals surface area contributed by atoms with Crippen LogP contribution in [0.25, 0.3) is 0 Å². The van der Waals surface area contributed by atoms with Gasteiger partial charge in [0.05, 0.1) is 5.56 Å². The Hall–Kier alpha value is -3.27. The molecule has 0 fully saturated rings. The number of hydrogen-bond donors (Lipinski definition) is 1. The molecule has 0 spiro atoms. The van der Waals surface area contributed by atoms with Gasteiger partial charge in [0.1, 0.15) is 16.8 Å². The van der Waals surface area contributed by atoms with E-state index in [0.717, 1.165) is 6.42 Å². The average molecular weight is 490 g/mol. The first-order valence-corrected chi connectivity index (χ1v) is 12.6.